The highest BCUT2D eigenvalue weighted by Crippen LogP contribution is 2.33. The molecule has 0 aliphatic rings. The zero-order chi connectivity index (χ0) is 20.6. The molecule has 152 valence electrons. The van der Waals surface area contributed by atoms with Crippen molar-refractivity contribution in [2.45, 2.75) is 19.6 Å². The van der Waals surface area contributed by atoms with E-state index in [9.17, 15) is 4.79 Å². The van der Waals surface area contributed by atoms with Gasteiger partial charge in [0.2, 0.25) is 0 Å². The van der Waals surface area contributed by atoms with Crippen molar-refractivity contribution in [2.75, 3.05) is 21.3 Å². The van der Waals surface area contributed by atoms with Gasteiger partial charge in [0.05, 0.1) is 33.4 Å². The SMILES string of the molecule is COc1cc(OC)c(CNCc2ccc(Cn3ccccc3=O)cc2)c(OC)c1. The predicted octanol–water partition coefficient (Wildman–Crippen LogP) is 3.21. The molecular weight excluding hydrogens is 368 g/mol. The second-order valence-electron chi connectivity index (χ2n) is 6.60. The van der Waals surface area contributed by atoms with Gasteiger partial charge in [0, 0.05) is 37.5 Å². The van der Waals surface area contributed by atoms with E-state index in [1.165, 1.54) is 0 Å². The van der Waals surface area contributed by atoms with Gasteiger partial charge in [0.15, 0.2) is 0 Å². The first kappa shape index (κ1) is 20.5. The lowest BCUT2D eigenvalue weighted by Crippen LogP contribution is -2.18. The lowest BCUT2D eigenvalue weighted by atomic mass is 10.1. The quantitative estimate of drug-likeness (QED) is 0.604. The molecule has 0 aliphatic heterocycles. The number of rotatable bonds is 9. The zero-order valence-corrected chi connectivity index (χ0v) is 17.0. The molecule has 0 atom stereocenters. The summed E-state index contributed by atoms with van der Waals surface area (Å²) in [5, 5.41) is 3.43. The molecule has 3 rings (SSSR count). The number of hydrogen-bond donors (Lipinski definition) is 1. The molecule has 0 unspecified atom stereocenters. The second-order valence-corrected chi connectivity index (χ2v) is 6.60. The van der Waals surface area contributed by atoms with Crippen LogP contribution in [0.3, 0.4) is 0 Å². The number of methoxy groups -OCH3 is 3. The van der Waals surface area contributed by atoms with Crippen molar-refractivity contribution >= 4 is 0 Å². The van der Waals surface area contributed by atoms with Gasteiger partial charge in [0.1, 0.15) is 17.2 Å². The summed E-state index contributed by atoms with van der Waals surface area (Å²) in [5.41, 5.74) is 3.18. The van der Waals surface area contributed by atoms with Crippen LogP contribution in [-0.4, -0.2) is 25.9 Å². The van der Waals surface area contributed by atoms with E-state index in [1.54, 1.807) is 44.2 Å². The predicted molar refractivity (Wildman–Crippen MR) is 113 cm³/mol. The van der Waals surface area contributed by atoms with Gasteiger partial charge in [-0.2, -0.15) is 0 Å². The van der Waals surface area contributed by atoms with E-state index in [0.29, 0.717) is 25.4 Å². The lowest BCUT2D eigenvalue weighted by molar-refractivity contribution is 0.366. The molecule has 0 saturated heterocycles. The summed E-state index contributed by atoms with van der Waals surface area (Å²) < 4.78 is 18.0. The van der Waals surface area contributed by atoms with Crippen LogP contribution >= 0.6 is 0 Å². The van der Waals surface area contributed by atoms with Crippen LogP contribution in [-0.2, 0) is 19.6 Å². The monoisotopic (exact) mass is 394 g/mol. The molecule has 0 spiro atoms. The first-order valence-corrected chi connectivity index (χ1v) is 9.37. The van der Waals surface area contributed by atoms with Crippen LogP contribution in [0, 0.1) is 0 Å². The third kappa shape index (κ3) is 5.18. The van der Waals surface area contributed by atoms with Gasteiger partial charge in [0.25, 0.3) is 5.56 Å². The molecule has 2 aromatic carbocycles. The Bertz CT molecular complexity index is 971. The number of hydrogen-bond acceptors (Lipinski definition) is 5. The Morgan fingerprint density at radius 3 is 2.07 bits per heavy atom. The minimum Gasteiger partial charge on any atom is -0.496 e. The number of nitrogens with zero attached hydrogens (tertiary/aromatic N) is 1. The zero-order valence-electron chi connectivity index (χ0n) is 17.0. The molecule has 6 nitrogen and oxygen atoms in total. The molecule has 6 heteroatoms. The second kappa shape index (κ2) is 9.80. The fourth-order valence-corrected chi connectivity index (χ4v) is 3.13. The molecule has 0 bridgehead atoms. The van der Waals surface area contributed by atoms with Gasteiger partial charge in [-0.05, 0) is 17.2 Å². The molecule has 1 N–H and O–H groups in total. The first-order chi connectivity index (χ1) is 14.1. The Balaban J connectivity index is 1.62. The lowest BCUT2D eigenvalue weighted by Gasteiger charge is -2.15. The van der Waals surface area contributed by atoms with Gasteiger partial charge in [-0.15, -0.1) is 0 Å². The number of pyridine rings is 1. The van der Waals surface area contributed by atoms with E-state index in [-0.39, 0.29) is 5.56 Å². The van der Waals surface area contributed by atoms with Gasteiger partial charge in [-0.3, -0.25) is 4.79 Å². The van der Waals surface area contributed by atoms with Crippen molar-refractivity contribution in [3.8, 4) is 17.2 Å². The molecular formula is C23H26N2O4. The Labute approximate surface area is 170 Å². The molecule has 0 radical (unpaired) electrons. The topological polar surface area (TPSA) is 61.7 Å². The van der Waals surface area contributed by atoms with Crippen LogP contribution in [0.4, 0.5) is 0 Å². The average molecular weight is 394 g/mol. The summed E-state index contributed by atoms with van der Waals surface area (Å²) in [4.78, 5) is 11.8. The molecule has 0 aliphatic carbocycles. The van der Waals surface area contributed by atoms with E-state index in [4.69, 9.17) is 14.2 Å². The van der Waals surface area contributed by atoms with Gasteiger partial charge < -0.3 is 24.1 Å². The Morgan fingerprint density at radius 1 is 0.828 bits per heavy atom. The third-order valence-electron chi connectivity index (χ3n) is 4.72. The maximum absolute atomic E-state index is 11.8. The maximum atomic E-state index is 11.8. The minimum absolute atomic E-state index is 0.000583. The molecule has 0 saturated carbocycles. The number of nitrogens with one attached hydrogen (secondary N) is 1. The first-order valence-electron chi connectivity index (χ1n) is 9.37. The van der Waals surface area contributed by atoms with Crippen LogP contribution in [0.25, 0.3) is 0 Å². The van der Waals surface area contributed by atoms with E-state index < -0.39 is 0 Å². The van der Waals surface area contributed by atoms with Crippen LogP contribution in [0.15, 0.2) is 65.6 Å². The summed E-state index contributed by atoms with van der Waals surface area (Å²) in [6.07, 6.45) is 1.80. The van der Waals surface area contributed by atoms with Gasteiger partial charge in [-0.1, -0.05) is 30.3 Å². The maximum Gasteiger partial charge on any atom is 0.250 e. The minimum atomic E-state index is 0.000583. The number of benzene rings is 2. The Hall–Kier alpha value is -3.25. The largest absolute Gasteiger partial charge is 0.496 e. The summed E-state index contributed by atoms with van der Waals surface area (Å²) in [5.74, 6) is 2.13. The van der Waals surface area contributed by atoms with E-state index in [0.717, 1.165) is 28.2 Å². The molecule has 1 aromatic heterocycles. The molecule has 3 aromatic rings. The Kier molecular flexibility index (Phi) is 6.92. The van der Waals surface area contributed by atoms with Crippen LogP contribution in [0.2, 0.25) is 0 Å². The molecule has 29 heavy (non-hydrogen) atoms. The summed E-state index contributed by atoms with van der Waals surface area (Å²) in [6, 6.07) is 17.1. The fourth-order valence-electron chi connectivity index (χ4n) is 3.13. The Morgan fingerprint density at radius 2 is 1.48 bits per heavy atom. The van der Waals surface area contributed by atoms with Crippen LogP contribution in [0.5, 0.6) is 17.2 Å². The third-order valence-corrected chi connectivity index (χ3v) is 4.72. The summed E-state index contributed by atoms with van der Waals surface area (Å²) in [6.45, 7) is 1.86. The summed E-state index contributed by atoms with van der Waals surface area (Å²) >= 11 is 0. The van der Waals surface area contributed by atoms with Gasteiger partial charge in [-0.25, -0.2) is 0 Å². The number of ether oxygens (including phenoxy) is 3. The smallest absolute Gasteiger partial charge is 0.250 e. The van der Waals surface area contributed by atoms with Crippen molar-refractivity contribution in [3.63, 3.8) is 0 Å². The van der Waals surface area contributed by atoms with Crippen molar-refractivity contribution < 1.29 is 14.2 Å². The van der Waals surface area contributed by atoms with E-state index >= 15 is 0 Å². The van der Waals surface area contributed by atoms with Crippen molar-refractivity contribution in [1.29, 1.82) is 0 Å². The fraction of sp³-hybridized carbons (Fsp3) is 0.261. The molecule has 0 fully saturated rings. The van der Waals surface area contributed by atoms with Crippen molar-refractivity contribution in [2.24, 2.45) is 0 Å². The van der Waals surface area contributed by atoms with Crippen molar-refractivity contribution in [3.05, 3.63) is 87.8 Å². The summed E-state index contributed by atoms with van der Waals surface area (Å²) in [7, 11) is 4.88. The highest BCUT2D eigenvalue weighted by atomic mass is 16.5. The normalized spacial score (nSPS) is 10.6. The van der Waals surface area contributed by atoms with Gasteiger partial charge >= 0.3 is 0 Å². The van der Waals surface area contributed by atoms with E-state index in [2.05, 4.69) is 17.4 Å². The van der Waals surface area contributed by atoms with E-state index in [1.807, 2.05) is 30.3 Å². The highest BCUT2D eigenvalue weighted by molar-refractivity contribution is 5.50. The molecule has 0 amide bonds. The van der Waals surface area contributed by atoms with Crippen LogP contribution in [0.1, 0.15) is 16.7 Å². The highest BCUT2D eigenvalue weighted by Gasteiger charge is 2.12. The van der Waals surface area contributed by atoms with Crippen LogP contribution < -0.4 is 25.1 Å². The standard InChI is InChI=1S/C23H26N2O4/c1-27-19-12-21(28-2)20(22(13-19)29-3)15-24-14-17-7-9-18(10-8-17)16-25-11-5-4-6-23(25)26/h4-13,24H,14-16H2,1-3H3. The average Bonchev–Trinajstić information content (AvgIpc) is 2.76. The number of aromatic nitrogens is 1. The molecule has 1 heterocycles. The van der Waals surface area contributed by atoms with Crippen molar-refractivity contribution in [1.82, 2.24) is 9.88 Å².